The molecule has 2 amide bonds. The SMILES string of the molecule is Cc1cc(C)nc(SCC(=O)N2CCN(C(=O)c3cccc(F)c3)CC2)n1. The van der Waals surface area contributed by atoms with Gasteiger partial charge in [-0.1, -0.05) is 17.8 Å². The van der Waals surface area contributed by atoms with Crippen molar-refractivity contribution >= 4 is 23.6 Å². The number of nitrogens with zero attached hydrogens (tertiary/aromatic N) is 4. The molecule has 6 nitrogen and oxygen atoms in total. The van der Waals surface area contributed by atoms with Crippen LogP contribution in [0, 0.1) is 19.7 Å². The summed E-state index contributed by atoms with van der Waals surface area (Å²) in [6.45, 7) is 5.60. The van der Waals surface area contributed by atoms with Crippen LogP contribution in [-0.2, 0) is 4.79 Å². The quantitative estimate of drug-likeness (QED) is 0.594. The molecule has 1 saturated heterocycles. The van der Waals surface area contributed by atoms with Crippen LogP contribution in [0.15, 0.2) is 35.5 Å². The highest BCUT2D eigenvalue weighted by molar-refractivity contribution is 7.99. The predicted octanol–water partition coefficient (Wildman–Crippen LogP) is 2.31. The number of halogens is 1. The normalized spacial score (nSPS) is 14.3. The lowest BCUT2D eigenvalue weighted by atomic mass is 10.1. The molecule has 27 heavy (non-hydrogen) atoms. The van der Waals surface area contributed by atoms with E-state index in [1.54, 1.807) is 15.9 Å². The smallest absolute Gasteiger partial charge is 0.254 e. The van der Waals surface area contributed by atoms with Crippen LogP contribution in [0.1, 0.15) is 21.7 Å². The lowest BCUT2D eigenvalue weighted by molar-refractivity contribution is -0.129. The van der Waals surface area contributed by atoms with Crippen LogP contribution in [0.2, 0.25) is 0 Å². The second-order valence-corrected chi connectivity index (χ2v) is 7.35. The molecule has 0 saturated carbocycles. The fraction of sp³-hybridized carbons (Fsp3) is 0.368. The number of aromatic nitrogens is 2. The molecule has 0 unspecified atom stereocenters. The number of amides is 2. The number of carbonyl (C=O) groups excluding carboxylic acids is 2. The van der Waals surface area contributed by atoms with Gasteiger partial charge < -0.3 is 9.80 Å². The topological polar surface area (TPSA) is 66.4 Å². The molecule has 3 rings (SSSR count). The highest BCUT2D eigenvalue weighted by Gasteiger charge is 2.25. The van der Waals surface area contributed by atoms with Crippen molar-refractivity contribution < 1.29 is 14.0 Å². The summed E-state index contributed by atoms with van der Waals surface area (Å²) >= 11 is 1.32. The van der Waals surface area contributed by atoms with Gasteiger partial charge >= 0.3 is 0 Å². The summed E-state index contributed by atoms with van der Waals surface area (Å²) in [4.78, 5) is 36.9. The van der Waals surface area contributed by atoms with Gasteiger partial charge in [0.05, 0.1) is 5.75 Å². The van der Waals surface area contributed by atoms with E-state index in [4.69, 9.17) is 0 Å². The monoisotopic (exact) mass is 388 g/mol. The summed E-state index contributed by atoms with van der Waals surface area (Å²) in [7, 11) is 0. The van der Waals surface area contributed by atoms with E-state index in [0.29, 0.717) is 36.9 Å². The van der Waals surface area contributed by atoms with E-state index >= 15 is 0 Å². The third kappa shape index (κ3) is 5.03. The largest absolute Gasteiger partial charge is 0.338 e. The highest BCUT2D eigenvalue weighted by Crippen LogP contribution is 2.16. The van der Waals surface area contributed by atoms with Crippen molar-refractivity contribution in [2.45, 2.75) is 19.0 Å². The van der Waals surface area contributed by atoms with Gasteiger partial charge in [0, 0.05) is 43.1 Å². The average Bonchev–Trinajstić information content (AvgIpc) is 2.65. The molecular weight excluding hydrogens is 367 g/mol. The first kappa shape index (κ1) is 19.3. The third-order valence-electron chi connectivity index (χ3n) is 4.28. The fourth-order valence-electron chi connectivity index (χ4n) is 2.94. The van der Waals surface area contributed by atoms with Crippen molar-refractivity contribution in [3.8, 4) is 0 Å². The van der Waals surface area contributed by atoms with Gasteiger partial charge in [-0.15, -0.1) is 0 Å². The molecule has 1 fully saturated rings. The molecular formula is C19H21FN4O2S. The predicted molar refractivity (Wildman–Crippen MR) is 101 cm³/mol. The number of benzene rings is 1. The minimum Gasteiger partial charge on any atom is -0.338 e. The second kappa shape index (κ2) is 8.47. The van der Waals surface area contributed by atoms with Gasteiger partial charge in [-0.3, -0.25) is 9.59 Å². The molecule has 0 N–H and O–H groups in total. The van der Waals surface area contributed by atoms with Crippen molar-refractivity contribution in [2.75, 3.05) is 31.9 Å². The molecule has 0 radical (unpaired) electrons. The van der Waals surface area contributed by atoms with E-state index in [0.717, 1.165) is 11.4 Å². The number of piperazine rings is 1. The minimum absolute atomic E-state index is 0.000568. The number of carbonyl (C=O) groups is 2. The second-order valence-electron chi connectivity index (χ2n) is 6.41. The third-order valence-corrected chi connectivity index (χ3v) is 5.11. The van der Waals surface area contributed by atoms with Crippen molar-refractivity contribution in [3.05, 3.63) is 53.1 Å². The molecule has 0 aliphatic carbocycles. The Labute approximate surface area is 161 Å². The number of rotatable bonds is 4. The minimum atomic E-state index is -0.430. The van der Waals surface area contributed by atoms with E-state index in [-0.39, 0.29) is 17.6 Å². The van der Waals surface area contributed by atoms with E-state index in [1.807, 2.05) is 19.9 Å². The number of thioether (sulfide) groups is 1. The van der Waals surface area contributed by atoms with Crippen LogP contribution in [0.25, 0.3) is 0 Å². The van der Waals surface area contributed by atoms with Crippen LogP contribution in [0.4, 0.5) is 4.39 Å². The zero-order chi connectivity index (χ0) is 19.4. The van der Waals surface area contributed by atoms with E-state index in [9.17, 15) is 14.0 Å². The van der Waals surface area contributed by atoms with Gasteiger partial charge in [0.15, 0.2) is 5.16 Å². The van der Waals surface area contributed by atoms with E-state index < -0.39 is 5.82 Å². The maximum Gasteiger partial charge on any atom is 0.254 e. The highest BCUT2D eigenvalue weighted by atomic mass is 32.2. The molecule has 1 aromatic carbocycles. The number of aryl methyl sites for hydroxylation is 2. The Balaban J connectivity index is 1.51. The molecule has 2 heterocycles. The van der Waals surface area contributed by atoms with Crippen molar-refractivity contribution in [1.29, 1.82) is 0 Å². The molecule has 142 valence electrons. The first-order valence-corrected chi connectivity index (χ1v) is 9.68. The standard InChI is InChI=1S/C19H21FN4O2S/c1-13-10-14(2)22-19(21-13)27-12-17(25)23-6-8-24(9-7-23)18(26)15-4-3-5-16(20)11-15/h3-5,10-11H,6-9,12H2,1-2H3. The Hall–Kier alpha value is -2.48. The molecule has 0 spiro atoms. The molecule has 1 aliphatic heterocycles. The van der Waals surface area contributed by atoms with Gasteiger partial charge in [0.25, 0.3) is 5.91 Å². The molecule has 2 aromatic rings. The van der Waals surface area contributed by atoms with Crippen LogP contribution >= 0.6 is 11.8 Å². The number of hydrogen-bond acceptors (Lipinski definition) is 5. The first-order valence-electron chi connectivity index (χ1n) is 8.70. The Morgan fingerprint density at radius 1 is 1.04 bits per heavy atom. The summed E-state index contributed by atoms with van der Waals surface area (Å²) in [5.74, 6) is -0.374. The Morgan fingerprint density at radius 2 is 1.67 bits per heavy atom. The van der Waals surface area contributed by atoms with Crippen molar-refractivity contribution in [2.24, 2.45) is 0 Å². The lowest BCUT2D eigenvalue weighted by Crippen LogP contribution is -2.51. The Morgan fingerprint density at radius 3 is 2.30 bits per heavy atom. The lowest BCUT2D eigenvalue weighted by Gasteiger charge is -2.34. The maximum absolute atomic E-state index is 13.3. The van der Waals surface area contributed by atoms with Gasteiger partial charge in [-0.2, -0.15) is 0 Å². The zero-order valence-electron chi connectivity index (χ0n) is 15.3. The first-order chi connectivity index (χ1) is 12.9. The average molecular weight is 388 g/mol. The van der Waals surface area contributed by atoms with Crippen LogP contribution in [-0.4, -0.2) is 63.5 Å². The Bertz CT molecular complexity index is 833. The number of hydrogen-bond donors (Lipinski definition) is 0. The van der Waals surface area contributed by atoms with Crippen molar-refractivity contribution in [1.82, 2.24) is 19.8 Å². The van der Waals surface area contributed by atoms with Gasteiger partial charge in [0.2, 0.25) is 5.91 Å². The van der Waals surface area contributed by atoms with E-state index in [1.165, 1.54) is 30.0 Å². The Kier molecular flexibility index (Phi) is 6.05. The van der Waals surface area contributed by atoms with Gasteiger partial charge in [-0.25, -0.2) is 14.4 Å². The summed E-state index contributed by atoms with van der Waals surface area (Å²) in [5, 5.41) is 0.598. The van der Waals surface area contributed by atoms with Gasteiger partial charge in [-0.05, 0) is 38.1 Å². The molecule has 1 aromatic heterocycles. The molecule has 1 aliphatic rings. The maximum atomic E-state index is 13.3. The summed E-state index contributed by atoms with van der Waals surface area (Å²) in [6.07, 6.45) is 0. The van der Waals surface area contributed by atoms with Crippen LogP contribution in [0.5, 0.6) is 0 Å². The molecule has 8 heteroatoms. The van der Waals surface area contributed by atoms with E-state index in [2.05, 4.69) is 9.97 Å². The molecule has 0 bridgehead atoms. The van der Waals surface area contributed by atoms with Gasteiger partial charge in [0.1, 0.15) is 5.82 Å². The summed E-state index contributed by atoms with van der Waals surface area (Å²) in [6, 6.07) is 7.56. The zero-order valence-corrected chi connectivity index (χ0v) is 16.1. The fourth-order valence-corrected chi connectivity index (χ4v) is 3.79. The van der Waals surface area contributed by atoms with Crippen molar-refractivity contribution in [3.63, 3.8) is 0 Å². The summed E-state index contributed by atoms with van der Waals surface area (Å²) < 4.78 is 13.3. The van der Waals surface area contributed by atoms with Crippen LogP contribution in [0.3, 0.4) is 0 Å². The summed E-state index contributed by atoms with van der Waals surface area (Å²) in [5.41, 5.74) is 2.08. The van der Waals surface area contributed by atoms with Crippen LogP contribution < -0.4 is 0 Å². The molecule has 0 atom stereocenters.